The molecule has 0 aromatic heterocycles. The summed E-state index contributed by atoms with van der Waals surface area (Å²) in [6.45, 7) is 1.12. The predicted molar refractivity (Wildman–Crippen MR) is 71.4 cm³/mol. The lowest BCUT2D eigenvalue weighted by molar-refractivity contribution is -0.139. The van der Waals surface area contributed by atoms with Crippen molar-refractivity contribution in [1.82, 2.24) is 0 Å². The van der Waals surface area contributed by atoms with Gasteiger partial charge in [0.2, 0.25) is 5.70 Å². The third-order valence-corrected chi connectivity index (χ3v) is 2.43. The second-order valence-corrected chi connectivity index (χ2v) is 3.99. The molecule has 1 aromatic carbocycles. The number of aliphatic hydroxyl groups excluding tert-OH is 1. The highest BCUT2D eigenvalue weighted by atomic mass is 16.6. The van der Waals surface area contributed by atoms with E-state index in [1.54, 1.807) is 24.3 Å². The van der Waals surface area contributed by atoms with Crippen LogP contribution in [0.2, 0.25) is 0 Å². The molecule has 1 N–H and O–H groups in total. The quantitative estimate of drug-likeness (QED) is 0.678. The molecule has 21 heavy (non-hydrogen) atoms. The number of ether oxygens (including phenoxy) is 2. The molecule has 0 radical (unpaired) electrons. The molecule has 1 aliphatic heterocycles. The maximum Gasteiger partial charge on any atom is 0.368 e. The van der Waals surface area contributed by atoms with E-state index in [0.717, 1.165) is 0 Å². The highest BCUT2D eigenvalue weighted by molar-refractivity contribution is 5.93. The van der Waals surface area contributed by atoms with Gasteiger partial charge in [-0.2, -0.15) is 5.11 Å². The number of carbonyl (C=O) groups excluding carboxylic acids is 2. The van der Waals surface area contributed by atoms with Crippen LogP contribution in [0.5, 0.6) is 0 Å². The van der Waals surface area contributed by atoms with Gasteiger partial charge in [-0.05, 0) is 18.2 Å². The molecule has 0 amide bonds. The van der Waals surface area contributed by atoms with Gasteiger partial charge in [-0.3, -0.25) is 4.79 Å². The SMILES string of the molecule is CC(=O)OCC=C1OC(=O)C(N=Nc2ccccc2)=C1O. The second kappa shape index (κ2) is 6.47. The first-order valence-electron chi connectivity index (χ1n) is 6.04. The van der Waals surface area contributed by atoms with E-state index >= 15 is 0 Å². The number of carbonyl (C=O) groups is 2. The Balaban J connectivity index is 2.14. The zero-order valence-corrected chi connectivity index (χ0v) is 11.1. The number of cyclic esters (lactones) is 1. The summed E-state index contributed by atoms with van der Waals surface area (Å²) in [6, 6.07) is 8.73. The van der Waals surface area contributed by atoms with Crippen molar-refractivity contribution in [3.63, 3.8) is 0 Å². The molecule has 0 unspecified atom stereocenters. The van der Waals surface area contributed by atoms with E-state index in [1.807, 2.05) is 6.07 Å². The number of benzene rings is 1. The highest BCUT2D eigenvalue weighted by Gasteiger charge is 2.30. The maximum atomic E-state index is 11.6. The summed E-state index contributed by atoms with van der Waals surface area (Å²) in [5.41, 5.74) is 0.232. The van der Waals surface area contributed by atoms with Crippen molar-refractivity contribution in [3.05, 3.63) is 53.6 Å². The van der Waals surface area contributed by atoms with E-state index in [1.165, 1.54) is 13.0 Å². The Hall–Kier alpha value is -2.96. The molecule has 0 bridgehead atoms. The molecule has 0 fully saturated rings. The van der Waals surface area contributed by atoms with Crippen molar-refractivity contribution < 1.29 is 24.2 Å². The molecular weight excluding hydrogens is 276 g/mol. The lowest BCUT2D eigenvalue weighted by Gasteiger charge is -1.98. The van der Waals surface area contributed by atoms with Gasteiger partial charge in [-0.1, -0.05) is 18.2 Å². The fourth-order valence-corrected chi connectivity index (χ4v) is 1.47. The second-order valence-electron chi connectivity index (χ2n) is 3.99. The van der Waals surface area contributed by atoms with Crippen LogP contribution in [0.4, 0.5) is 5.69 Å². The minimum absolute atomic E-state index is 0.108. The van der Waals surface area contributed by atoms with Gasteiger partial charge in [0, 0.05) is 6.92 Å². The molecule has 0 atom stereocenters. The smallest absolute Gasteiger partial charge is 0.368 e. The third kappa shape index (κ3) is 3.75. The van der Waals surface area contributed by atoms with Crippen LogP contribution in [0, 0.1) is 0 Å². The Morgan fingerprint density at radius 2 is 2.05 bits per heavy atom. The first-order valence-corrected chi connectivity index (χ1v) is 6.04. The van der Waals surface area contributed by atoms with E-state index in [-0.39, 0.29) is 18.1 Å². The minimum atomic E-state index is -0.818. The molecule has 1 heterocycles. The Bertz CT molecular complexity index is 647. The van der Waals surface area contributed by atoms with Crippen LogP contribution in [0.15, 0.2) is 63.9 Å². The number of hydrogen-bond donors (Lipinski definition) is 1. The van der Waals surface area contributed by atoms with E-state index in [0.29, 0.717) is 5.69 Å². The number of azo groups is 1. The normalized spacial score (nSPS) is 16.6. The molecule has 7 nitrogen and oxygen atoms in total. The van der Waals surface area contributed by atoms with Gasteiger partial charge >= 0.3 is 11.9 Å². The van der Waals surface area contributed by atoms with Crippen LogP contribution in [-0.4, -0.2) is 23.7 Å². The van der Waals surface area contributed by atoms with Gasteiger partial charge in [-0.25, -0.2) is 4.79 Å². The molecule has 0 aliphatic carbocycles. The van der Waals surface area contributed by atoms with Crippen LogP contribution in [0.3, 0.4) is 0 Å². The summed E-state index contributed by atoms with van der Waals surface area (Å²) >= 11 is 0. The number of rotatable bonds is 4. The molecule has 0 saturated heterocycles. The van der Waals surface area contributed by atoms with Crippen molar-refractivity contribution in [3.8, 4) is 0 Å². The molecule has 108 valence electrons. The fraction of sp³-hybridized carbons (Fsp3) is 0.143. The molecular formula is C14H12N2O5. The summed E-state index contributed by atoms with van der Waals surface area (Å²) in [7, 11) is 0. The highest BCUT2D eigenvalue weighted by Crippen LogP contribution is 2.26. The van der Waals surface area contributed by atoms with Gasteiger partial charge in [0.1, 0.15) is 6.61 Å². The van der Waals surface area contributed by atoms with Crippen molar-refractivity contribution in [2.24, 2.45) is 10.2 Å². The predicted octanol–water partition coefficient (Wildman–Crippen LogP) is 2.54. The summed E-state index contributed by atoms with van der Waals surface area (Å²) in [5, 5.41) is 17.3. The van der Waals surface area contributed by atoms with Crippen molar-refractivity contribution >= 4 is 17.6 Å². The lowest BCUT2D eigenvalue weighted by atomic mass is 10.3. The Kier molecular flexibility index (Phi) is 4.45. The van der Waals surface area contributed by atoms with E-state index in [9.17, 15) is 14.7 Å². The van der Waals surface area contributed by atoms with Gasteiger partial charge < -0.3 is 14.6 Å². The summed E-state index contributed by atoms with van der Waals surface area (Å²) in [6.07, 6.45) is 1.26. The zero-order chi connectivity index (χ0) is 15.2. The van der Waals surface area contributed by atoms with Crippen molar-refractivity contribution in [1.29, 1.82) is 0 Å². The molecule has 2 rings (SSSR count). The number of hydrogen-bond acceptors (Lipinski definition) is 7. The van der Waals surface area contributed by atoms with Gasteiger partial charge in [-0.15, -0.1) is 5.11 Å². The molecule has 0 saturated carbocycles. The summed E-state index contributed by atoms with van der Waals surface area (Å²) in [4.78, 5) is 22.2. The van der Waals surface area contributed by atoms with Crippen LogP contribution < -0.4 is 0 Å². The monoisotopic (exact) mass is 288 g/mol. The molecule has 0 spiro atoms. The van der Waals surface area contributed by atoms with Crippen molar-refractivity contribution in [2.75, 3.05) is 6.61 Å². The third-order valence-electron chi connectivity index (χ3n) is 2.43. The zero-order valence-electron chi connectivity index (χ0n) is 11.1. The van der Waals surface area contributed by atoms with Crippen LogP contribution in [0.1, 0.15) is 6.92 Å². The number of esters is 2. The summed E-state index contributed by atoms with van der Waals surface area (Å²) < 4.78 is 9.47. The van der Waals surface area contributed by atoms with Crippen LogP contribution in [-0.2, 0) is 19.1 Å². The topological polar surface area (TPSA) is 97.6 Å². The molecule has 7 heteroatoms. The summed E-state index contributed by atoms with van der Waals surface area (Å²) in [5.74, 6) is -1.85. The van der Waals surface area contributed by atoms with E-state index in [4.69, 9.17) is 4.74 Å². The minimum Gasteiger partial charge on any atom is -0.503 e. The first kappa shape index (κ1) is 14.4. The number of nitrogens with zero attached hydrogens (tertiary/aromatic N) is 2. The van der Waals surface area contributed by atoms with E-state index < -0.39 is 17.7 Å². The Labute approximate surface area is 120 Å². The average molecular weight is 288 g/mol. The Morgan fingerprint density at radius 1 is 1.33 bits per heavy atom. The average Bonchev–Trinajstić information content (AvgIpc) is 2.72. The number of aliphatic hydroxyl groups is 1. The molecule has 1 aromatic rings. The van der Waals surface area contributed by atoms with Gasteiger partial charge in [0.15, 0.2) is 11.5 Å². The van der Waals surface area contributed by atoms with Crippen LogP contribution >= 0.6 is 0 Å². The maximum absolute atomic E-state index is 11.6. The Morgan fingerprint density at radius 3 is 2.71 bits per heavy atom. The first-order chi connectivity index (χ1) is 10.1. The van der Waals surface area contributed by atoms with Crippen LogP contribution in [0.25, 0.3) is 0 Å². The standard InChI is InChI=1S/C14H12N2O5/c1-9(17)20-8-7-11-13(18)12(14(19)21-11)16-15-10-5-3-2-4-6-10/h2-7,18H,8H2,1H3. The lowest BCUT2D eigenvalue weighted by Crippen LogP contribution is -2.00. The molecule has 1 aliphatic rings. The van der Waals surface area contributed by atoms with E-state index in [2.05, 4.69) is 15.0 Å². The van der Waals surface area contributed by atoms with Gasteiger partial charge in [0.25, 0.3) is 0 Å². The van der Waals surface area contributed by atoms with Gasteiger partial charge in [0.05, 0.1) is 5.69 Å². The van der Waals surface area contributed by atoms with Crippen molar-refractivity contribution in [2.45, 2.75) is 6.92 Å². The largest absolute Gasteiger partial charge is 0.503 e. The fourth-order valence-electron chi connectivity index (χ4n) is 1.47.